The molecule has 0 aromatic carbocycles. The lowest BCUT2D eigenvalue weighted by atomic mass is 9.92. The van der Waals surface area contributed by atoms with Crippen molar-refractivity contribution in [3.05, 3.63) is 24.2 Å². The number of aromatic nitrogens is 4. The first-order valence-corrected chi connectivity index (χ1v) is 11.3. The second-order valence-electron chi connectivity index (χ2n) is 8.99. The van der Waals surface area contributed by atoms with Gasteiger partial charge in [-0.2, -0.15) is 5.10 Å². The molecule has 0 radical (unpaired) electrons. The highest BCUT2D eigenvalue weighted by Gasteiger charge is 2.29. The zero-order valence-electron chi connectivity index (χ0n) is 17.1. The molecule has 1 aliphatic heterocycles. The van der Waals surface area contributed by atoms with Gasteiger partial charge in [-0.05, 0) is 69.8 Å². The summed E-state index contributed by atoms with van der Waals surface area (Å²) in [7, 11) is 0. The van der Waals surface area contributed by atoms with Crippen molar-refractivity contribution in [3.63, 3.8) is 0 Å². The Morgan fingerprint density at radius 3 is 2.76 bits per heavy atom. The molecule has 2 aromatic rings. The molecule has 1 saturated heterocycles. The Labute approximate surface area is 172 Å². The van der Waals surface area contributed by atoms with Crippen molar-refractivity contribution in [2.75, 3.05) is 18.5 Å². The van der Waals surface area contributed by atoms with Crippen LogP contribution in [0.15, 0.2) is 18.5 Å². The Bertz CT molecular complexity index is 818. The largest absolute Gasteiger partial charge is 0.379 e. The van der Waals surface area contributed by atoms with Crippen LogP contribution in [-0.4, -0.2) is 45.0 Å². The number of nitrogens with one attached hydrogen (secondary N) is 1. The molecule has 3 N–H and O–H groups in total. The molecule has 1 atom stereocenters. The Hall–Kier alpha value is -1.99. The molecule has 2 aromatic heterocycles. The van der Waals surface area contributed by atoms with Crippen LogP contribution >= 0.6 is 0 Å². The number of rotatable bonds is 6. The Morgan fingerprint density at radius 1 is 1.14 bits per heavy atom. The van der Waals surface area contributed by atoms with Crippen LogP contribution in [0.4, 0.5) is 5.95 Å². The van der Waals surface area contributed by atoms with Gasteiger partial charge >= 0.3 is 0 Å². The van der Waals surface area contributed by atoms with Crippen LogP contribution in [0, 0.1) is 5.92 Å². The van der Waals surface area contributed by atoms with Gasteiger partial charge in [0.05, 0.1) is 24.5 Å². The van der Waals surface area contributed by atoms with Crippen LogP contribution in [-0.2, 0) is 11.2 Å². The van der Waals surface area contributed by atoms with Crippen LogP contribution in [0.3, 0.4) is 0 Å². The van der Waals surface area contributed by atoms with E-state index >= 15 is 0 Å². The van der Waals surface area contributed by atoms with Crippen LogP contribution < -0.4 is 11.1 Å². The molecule has 3 fully saturated rings. The topological polar surface area (TPSA) is 90.9 Å². The first-order valence-electron chi connectivity index (χ1n) is 11.3. The van der Waals surface area contributed by atoms with Crippen LogP contribution in [0.1, 0.15) is 63.1 Å². The van der Waals surface area contributed by atoms with E-state index in [1.807, 2.05) is 18.5 Å². The molecular weight excluding hydrogens is 364 g/mol. The molecule has 3 heterocycles. The van der Waals surface area contributed by atoms with E-state index in [1.54, 1.807) is 0 Å². The second-order valence-corrected chi connectivity index (χ2v) is 8.99. The summed E-state index contributed by atoms with van der Waals surface area (Å²) in [6.07, 6.45) is 14.1. The molecule has 0 bridgehead atoms. The minimum atomic E-state index is 0.345. The predicted octanol–water partition coefficient (Wildman–Crippen LogP) is 3.33. The number of nitrogens with two attached hydrogens (primary N) is 1. The van der Waals surface area contributed by atoms with Gasteiger partial charge in [0.15, 0.2) is 0 Å². The van der Waals surface area contributed by atoms with Gasteiger partial charge in [-0.25, -0.2) is 9.97 Å². The molecule has 5 rings (SSSR count). The van der Waals surface area contributed by atoms with Crippen molar-refractivity contribution >= 4 is 5.95 Å². The van der Waals surface area contributed by atoms with Gasteiger partial charge in [-0.15, -0.1) is 0 Å². The fraction of sp³-hybridized carbons (Fsp3) is 0.682. The van der Waals surface area contributed by atoms with E-state index in [9.17, 15) is 0 Å². The second kappa shape index (κ2) is 8.40. The van der Waals surface area contributed by atoms with Gasteiger partial charge in [0.2, 0.25) is 5.95 Å². The van der Waals surface area contributed by atoms with Crippen molar-refractivity contribution in [3.8, 4) is 11.3 Å². The van der Waals surface area contributed by atoms with Crippen molar-refractivity contribution in [1.82, 2.24) is 19.7 Å². The maximum Gasteiger partial charge on any atom is 0.223 e. The molecule has 156 valence electrons. The first kappa shape index (κ1) is 19.0. The summed E-state index contributed by atoms with van der Waals surface area (Å²) in [5, 5.41) is 8.32. The van der Waals surface area contributed by atoms with E-state index < -0.39 is 0 Å². The molecule has 7 nitrogen and oxygen atoms in total. The highest BCUT2D eigenvalue weighted by atomic mass is 16.5. The van der Waals surface area contributed by atoms with E-state index in [1.165, 1.54) is 18.5 Å². The van der Waals surface area contributed by atoms with Gasteiger partial charge in [0.1, 0.15) is 0 Å². The summed E-state index contributed by atoms with van der Waals surface area (Å²) in [6, 6.07) is 3.12. The number of anilines is 1. The SMILES string of the molecule is N[C@H]1CC[C@H](Nc2nccc(-c3cnn(C4CCCOC4)c3CC3CC3)n2)CC1. The fourth-order valence-electron chi connectivity index (χ4n) is 4.66. The van der Waals surface area contributed by atoms with Crippen LogP contribution in [0.2, 0.25) is 0 Å². The monoisotopic (exact) mass is 396 g/mol. The van der Waals surface area contributed by atoms with Crippen molar-refractivity contribution in [2.45, 2.75) is 75.9 Å². The third-order valence-electron chi connectivity index (χ3n) is 6.60. The Kier molecular flexibility index (Phi) is 5.50. The summed E-state index contributed by atoms with van der Waals surface area (Å²) in [4.78, 5) is 9.34. The van der Waals surface area contributed by atoms with Gasteiger partial charge < -0.3 is 15.8 Å². The maximum absolute atomic E-state index is 6.04. The molecule has 0 amide bonds. The van der Waals surface area contributed by atoms with Crippen molar-refractivity contribution < 1.29 is 4.74 Å². The van der Waals surface area contributed by atoms with Crippen LogP contribution in [0.5, 0.6) is 0 Å². The average molecular weight is 397 g/mol. The lowest BCUT2D eigenvalue weighted by molar-refractivity contribution is 0.0538. The highest BCUT2D eigenvalue weighted by Crippen LogP contribution is 2.37. The minimum Gasteiger partial charge on any atom is -0.379 e. The minimum absolute atomic E-state index is 0.345. The lowest BCUT2D eigenvalue weighted by Gasteiger charge is -2.26. The number of hydrogen-bond acceptors (Lipinski definition) is 6. The maximum atomic E-state index is 6.04. The molecule has 29 heavy (non-hydrogen) atoms. The molecule has 2 saturated carbocycles. The first-order chi connectivity index (χ1) is 14.3. The zero-order chi connectivity index (χ0) is 19.6. The normalized spacial score (nSPS) is 27.7. The summed E-state index contributed by atoms with van der Waals surface area (Å²) in [5.41, 5.74) is 9.47. The molecular formula is C22H32N6O. The summed E-state index contributed by atoms with van der Waals surface area (Å²) >= 11 is 0. The van der Waals surface area contributed by atoms with Crippen molar-refractivity contribution in [2.24, 2.45) is 11.7 Å². The number of nitrogens with zero attached hydrogens (tertiary/aromatic N) is 4. The number of hydrogen-bond donors (Lipinski definition) is 2. The van der Waals surface area contributed by atoms with E-state index in [0.29, 0.717) is 24.1 Å². The molecule has 0 spiro atoms. The average Bonchev–Trinajstić information content (AvgIpc) is 3.48. The van der Waals surface area contributed by atoms with Gasteiger partial charge in [-0.3, -0.25) is 4.68 Å². The zero-order valence-corrected chi connectivity index (χ0v) is 17.1. The third kappa shape index (κ3) is 4.46. The fourth-order valence-corrected chi connectivity index (χ4v) is 4.66. The van der Waals surface area contributed by atoms with Gasteiger partial charge in [-0.1, -0.05) is 0 Å². The quantitative estimate of drug-likeness (QED) is 0.778. The summed E-state index contributed by atoms with van der Waals surface area (Å²) in [5.74, 6) is 1.51. The van der Waals surface area contributed by atoms with E-state index in [2.05, 4.69) is 15.0 Å². The predicted molar refractivity (Wildman–Crippen MR) is 113 cm³/mol. The standard InChI is InChI=1S/C22H32N6O/c23-16-5-7-17(8-6-16)26-22-24-10-9-20(27-22)19-13-25-28(18-2-1-11-29-14-18)21(19)12-15-3-4-15/h9-10,13,15-18H,1-8,11-12,14,23H2,(H,24,26,27)/t16-,17-,18?. The van der Waals surface area contributed by atoms with Crippen LogP contribution in [0.25, 0.3) is 11.3 Å². The van der Waals surface area contributed by atoms with Gasteiger partial charge in [0, 0.05) is 36.1 Å². The molecule has 2 aliphatic carbocycles. The lowest BCUT2D eigenvalue weighted by Crippen LogP contribution is -2.33. The smallest absolute Gasteiger partial charge is 0.223 e. The highest BCUT2D eigenvalue weighted by molar-refractivity contribution is 5.62. The van der Waals surface area contributed by atoms with Gasteiger partial charge in [0.25, 0.3) is 0 Å². The van der Waals surface area contributed by atoms with E-state index in [-0.39, 0.29) is 0 Å². The molecule has 3 aliphatic rings. The van der Waals surface area contributed by atoms with E-state index in [4.69, 9.17) is 20.6 Å². The van der Waals surface area contributed by atoms with Crippen molar-refractivity contribution in [1.29, 1.82) is 0 Å². The number of ether oxygens (including phenoxy) is 1. The molecule has 1 unspecified atom stereocenters. The third-order valence-corrected chi connectivity index (χ3v) is 6.60. The molecule has 7 heteroatoms. The van der Waals surface area contributed by atoms with E-state index in [0.717, 1.165) is 75.3 Å². The summed E-state index contributed by atoms with van der Waals surface area (Å²) < 4.78 is 7.96. The Balaban J connectivity index is 1.39. The summed E-state index contributed by atoms with van der Waals surface area (Å²) in [6.45, 7) is 1.63. The Morgan fingerprint density at radius 2 is 2.00 bits per heavy atom.